The summed E-state index contributed by atoms with van der Waals surface area (Å²) in [5.74, 6) is -0.182. The average molecular weight is 394 g/mol. The molecule has 0 aliphatic heterocycles. The third kappa shape index (κ3) is 3.69. The van der Waals surface area contributed by atoms with Gasteiger partial charge in [-0.05, 0) is 54.6 Å². The summed E-state index contributed by atoms with van der Waals surface area (Å²) in [5.41, 5.74) is 2.72. The summed E-state index contributed by atoms with van der Waals surface area (Å²) in [4.78, 5) is 31.4. The second kappa shape index (κ2) is 7.49. The SMILES string of the molecule is O=C(Oc1ccc(N(S)C(=O)Nc2ccc3nc[nH]c3c2)cc1)c1ccco1. The zero-order valence-electron chi connectivity index (χ0n) is 14.3. The lowest BCUT2D eigenvalue weighted by Gasteiger charge is -2.17. The zero-order valence-corrected chi connectivity index (χ0v) is 15.2. The number of carbonyl (C=O) groups excluding carboxylic acids is 2. The fourth-order valence-corrected chi connectivity index (χ4v) is 2.70. The predicted octanol–water partition coefficient (Wildman–Crippen LogP) is 4.26. The lowest BCUT2D eigenvalue weighted by Crippen LogP contribution is -2.26. The molecule has 2 aromatic carbocycles. The Balaban J connectivity index is 1.41. The number of anilines is 2. The largest absolute Gasteiger partial charge is 0.457 e. The fourth-order valence-electron chi connectivity index (χ4n) is 2.51. The zero-order chi connectivity index (χ0) is 19.5. The summed E-state index contributed by atoms with van der Waals surface area (Å²) < 4.78 is 11.3. The first-order valence-corrected chi connectivity index (χ1v) is 8.59. The summed E-state index contributed by atoms with van der Waals surface area (Å²) in [6.45, 7) is 0. The molecule has 4 rings (SSSR count). The highest BCUT2D eigenvalue weighted by atomic mass is 32.1. The number of imidazole rings is 1. The molecule has 0 radical (unpaired) electrons. The van der Waals surface area contributed by atoms with Gasteiger partial charge in [-0.2, -0.15) is 0 Å². The van der Waals surface area contributed by atoms with Crippen molar-refractivity contribution in [1.82, 2.24) is 9.97 Å². The normalized spacial score (nSPS) is 10.6. The van der Waals surface area contributed by atoms with Gasteiger partial charge in [0.05, 0.1) is 29.3 Å². The molecular weight excluding hydrogens is 380 g/mol. The van der Waals surface area contributed by atoms with E-state index in [2.05, 4.69) is 28.1 Å². The first-order valence-electron chi connectivity index (χ1n) is 8.19. The molecule has 0 fully saturated rings. The van der Waals surface area contributed by atoms with Crippen LogP contribution in [0.25, 0.3) is 11.0 Å². The van der Waals surface area contributed by atoms with Crippen LogP contribution in [0.1, 0.15) is 10.6 Å². The average Bonchev–Trinajstić information content (AvgIpc) is 3.39. The van der Waals surface area contributed by atoms with Crippen molar-refractivity contribution in [3.63, 3.8) is 0 Å². The Labute approximate surface area is 164 Å². The van der Waals surface area contributed by atoms with Crippen LogP contribution >= 0.6 is 12.8 Å². The lowest BCUT2D eigenvalue weighted by molar-refractivity contribution is 0.0701. The number of fused-ring (bicyclic) bond motifs is 1. The molecule has 4 aromatic rings. The number of H-pyrrole nitrogens is 1. The van der Waals surface area contributed by atoms with E-state index >= 15 is 0 Å². The Bertz CT molecular complexity index is 1120. The van der Waals surface area contributed by atoms with E-state index in [4.69, 9.17) is 9.15 Å². The van der Waals surface area contributed by atoms with E-state index < -0.39 is 12.0 Å². The van der Waals surface area contributed by atoms with Crippen LogP contribution in [0.5, 0.6) is 5.75 Å². The number of amides is 2. The highest BCUT2D eigenvalue weighted by molar-refractivity contribution is 7.82. The third-order valence-corrected chi connectivity index (χ3v) is 4.29. The second-order valence-corrected chi connectivity index (χ2v) is 6.14. The van der Waals surface area contributed by atoms with Crippen molar-refractivity contribution in [3.05, 3.63) is 72.9 Å². The predicted molar refractivity (Wildman–Crippen MR) is 107 cm³/mol. The molecule has 0 atom stereocenters. The van der Waals surface area contributed by atoms with Gasteiger partial charge in [0.15, 0.2) is 0 Å². The third-order valence-electron chi connectivity index (χ3n) is 3.88. The van der Waals surface area contributed by atoms with Crippen molar-refractivity contribution in [1.29, 1.82) is 0 Å². The summed E-state index contributed by atoms with van der Waals surface area (Å²) in [7, 11) is 0. The number of furan rings is 1. The number of hydrogen-bond acceptors (Lipinski definition) is 6. The lowest BCUT2D eigenvalue weighted by atomic mass is 10.3. The minimum absolute atomic E-state index is 0.105. The molecule has 140 valence electrons. The van der Waals surface area contributed by atoms with E-state index in [0.29, 0.717) is 17.1 Å². The molecule has 0 saturated heterocycles. The van der Waals surface area contributed by atoms with Gasteiger partial charge in [-0.15, -0.1) is 0 Å². The number of hydrogen-bond donors (Lipinski definition) is 3. The maximum Gasteiger partial charge on any atom is 0.379 e. The van der Waals surface area contributed by atoms with E-state index in [1.165, 1.54) is 12.3 Å². The van der Waals surface area contributed by atoms with Crippen molar-refractivity contribution < 1.29 is 18.7 Å². The molecule has 2 N–H and O–H groups in total. The van der Waals surface area contributed by atoms with E-state index in [-0.39, 0.29) is 5.76 Å². The van der Waals surface area contributed by atoms with Crippen LogP contribution < -0.4 is 14.4 Å². The van der Waals surface area contributed by atoms with Gasteiger partial charge in [0.25, 0.3) is 0 Å². The fraction of sp³-hybridized carbons (Fsp3) is 0. The Morgan fingerprint density at radius 1 is 1.14 bits per heavy atom. The summed E-state index contributed by atoms with van der Waals surface area (Å²) in [5, 5.41) is 2.75. The minimum atomic E-state index is -0.604. The first kappa shape index (κ1) is 17.7. The molecule has 0 aliphatic carbocycles. The number of rotatable bonds is 4. The highest BCUT2D eigenvalue weighted by Gasteiger charge is 2.15. The summed E-state index contributed by atoms with van der Waals surface area (Å²) >= 11 is 4.24. The second-order valence-electron chi connectivity index (χ2n) is 5.74. The molecule has 0 bridgehead atoms. The Morgan fingerprint density at radius 3 is 2.71 bits per heavy atom. The number of aromatic nitrogens is 2. The molecule has 0 aliphatic rings. The molecule has 2 aromatic heterocycles. The van der Waals surface area contributed by atoms with Gasteiger partial charge in [-0.1, -0.05) is 12.8 Å². The minimum Gasteiger partial charge on any atom is -0.457 e. The van der Waals surface area contributed by atoms with E-state index in [1.54, 1.807) is 54.9 Å². The van der Waals surface area contributed by atoms with Gasteiger partial charge in [0.2, 0.25) is 5.76 Å². The number of aromatic amines is 1. The van der Waals surface area contributed by atoms with E-state index in [9.17, 15) is 9.59 Å². The quantitative estimate of drug-likeness (QED) is 0.273. The molecule has 0 spiro atoms. The smallest absolute Gasteiger partial charge is 0.379 e. The van der Waals surface area contributed by atoms with Gasteiger partial charge >= 0.3 is 12.0 Å². The molecule has 2 amide bonds. The first-order chi connectivity index (χ1) is 13.6. The summed E-state index contributed by atoms with van der Waals surface area (Å²) in [6.07, 6.45) is 2.97. The molecule has 0 saturated carbocycles. The van der Waals surface area contributed by atoms with Crippen LogP contribution in [-0.2, 0) is 0 Å². The Morgan fingerprint density at radius 2 is 1.96 bits per heavy atom. The topological polar surface area (TPSA) is 100 Å². The number of nitrogens with one attached hydrogen (secondary N) is 2. The van der Waals surface area contributed by atoms with Crippen molar-refractivity contribution in [2.45, 2.75) is 0 Å². The number of carbonyl (C=O) groups is 2. The molecular formula is C19H14N4O4S. The number of urea groups is 1. The molecule has 8 nitrogen and oxygen atoms in total. The Kier molecular flexibility index (Phi) is 4.73. The van der Waals surface area contributed by atoms with Crippen molar-refractivity contribution >= 4 is 47.2 Å². The Hall–Kier alpha value is -3.72. The molecule has 0 unspecified atom stereocenters. The van der Waals surface area contributed by atoms with Gasteiger partial charge in [-0.3, -0.25) is 0 Å². The van der Waals surface area contributed by atoms with E-state index in [0.717, 1.165) is 15.3 Å². The monoisotopic (exact) mass is 394 g/mol. The number of ether oxygens (including phenoxy) is 1. The van der Waals surface area contributed by atoms with Crippen LogP contribution in [0.3, 0.4) is 0 Å². The molecule has 28 heavy (non-hydrogen) atoms. The summed E-state index contributed by atoms with van der Waals surface area (Å²) in [6, 6.07) is 14.3. The number of thiol groups is 1. The van der Waals surface area contributed by atoms with Crippen LogP contribution in [0.2, 0.25) is 0 Å². The van der Waals surface area contributed by atoms with Crippen LogP contribution in [0.4, 0.5) is 16.2 Å². The molecule has 9 heteroatoms. The van der Waals surface area contributed by atoms with Crippen molar-refractivity contribution in [2.75, 3.05) is 9.62 Å². The van der Waals surface area contributed by atoms with Crippen LogP contribution in [0.15, 0.2) is 71.6 Å². The molecule has 2 heterocycles. The number of esters is 1. The number of benzene rings is 2. The number of nitrogens with zero attached hydrogens (tertiary/aromatic N) is 2. The van der Waals surface area contributed by atoms with Crippen LogP contribution in [0, 0.1) is 0 Å². The van der Waals surface area contributed by atoms with Gasteiger partial charge in [0, 0.05) is 5.69 Å². The van der Waals surface area contributed by atoms with Crippen molar-refractivity contribution in [2.24, 2.45) is 0 Å². The van der Waals surface area contributed by atoms with Gasteiger partial charge < -0.3 is 19.5 Å². The maximum absolute atomic E-state index is 12.4. The van der Waals surface area contributed by atoms with E-state index in [1.807, 2.05) is 0 Å². The highest BCUT2D eigenvalue weighted by Crippen LogP contribution is 2.23. The van der Waals surface area contributed by atoms with Crippen LogP contribution in [-0.4, -0.2) is 22.0 Å². The van der Waals surface area contributed by atoms with Gasteiger partial charge in [0.1, 0.15) is 5.75 Å². The standard InChI is InChI=1S/C19H14N4O4S/c24-18(17-2-1-9-26-17)27-14-6-4-13(5-7-14)23(28)19(25)22-12-3-8-15-16(10-12)21-11-20-15/h1-11,28H,(H,20,21)(H,22,25). The van der Waals surface area contributed by atoms with Crippen molar-refractivity contribution in [3.8, 4) is 5.75 Å². The maximum atomic E-state index is 12.4. The van der Waals surface area contributed by atoms with Gasteiger partial charge in [-0.25, -0.2) is 18.9 Å².